The van der Waals surface area contributed by atoms with Gasteiger partial charge in [0.15, 0.2) is 17.3 Å². The third-order valence-electron chi connectivity index (χ3n) is 6.14. The number of hydrogen-bond donors (Lipinski definition) is 0. The van der Waals surface area contributed by atoms with Crippen molar-refractivity contribution in [3.8, 4) is 11.5 Å². The number of carbonyl (C=O) groups is 1. The Balaban J connectivity index is 1.31. The van der Waals surface area contributed by atoms with Gasteiger partial charge in [0.2, 0.25) is 0 Å². The van der Waals surface area contributed by atoms with Gasteiger partial charge in [-0.2, -0.15) is 0 Å². The van der Waals surface area contributed by atoms with E-state index in [-0.39, 0.29) is 5.78 Å². The van der Waals surface area contributed by atoms with Crippen molar-refractivity contribution in [1.82, 2.24) is 4.90 Å². The molecule has 1 saturated heterocycles. The summed E-state index contributed by atoms with van der Waals surface area (Å²) in [6.45, 7) is 7.27. The Labute approximate surface area is 191 Å². The second kappa shape index (κ2) is 11.3. The fourth-order valence-corrected chi connectivity index (χ4v) is 4.31. The molecule has 2 aromatic carbocycles. The van der Waals surface area contributed by atoms with Crippen LogP contribution >= 0.6 is 0 Å². The fourth-order valence-electron chi connectivity index (χ4n) is 4.31. The Hall–Kier alpha value is -2.66. The van der Waals surface area contributed by atoms with Crippen LogP contribution in [0.5, 0.6) is 11.5 Å². The van der Waals surface area contributed by atoms with Gasteiger partial charge in [-0.1, -0.05) is 35.9 Å². The van der Waals surface area contributed by atoms with E-state index in [1.165, 1.54) is 29.7 Å². The van der Waals surface area contributed by atoms with Crippen molar-refractivity contribution in [3.63, 3.8) is 0 Å². The highest BCUT2D eigenvalue weighted by molar-refractivity contribution is 5.96. The summed E-state index contributed by atoms with van der Waals surface area (Å²) < 4.78 is 11.4. The molecule has 5 heteroatoms. The third-order valence-corrected chi connectivity index (χ3v) is 6.14. The van der Waals surface area contributed by atoms with E-state index >= 15 is 0 Å². The molecule has 2 aliphatic heterocycles. The molecule has 0 saturated carbocycles. The Morgan fingerprint density at radius 2 is 1.72 bits per heavy atom. The molecule has 4 rings (SSSR count). The number of ketones is 1. The highest BCUT2D eigenvalue weighted by atomic mass is 16.6. The van der Waals surface area contributed by atoms with Crippen LogP contribution in [0.25, 0.3) is 0 Å². The van der Waals surface area contributed by atoms with Crippen LogP contribution in [0.2, 0.25) is 0 Å². The Morgan fingerprint density at radius 1 is 0.969 bits per heavy atom. The number of aryl methyl sites for hydroxylation is 1. The van der Waals surface area contributed by atoms with Crippen molar-refractivity contribution < 1.29 is 14.3 Å². The van der Waals surface area contributed by atoms with E-state index in [2.05, 4.69) is 17.0 Å². The van der Waals surface area contributed by atoms with Gasteiger partial charge in [0.25, 0.3) is 0 Å². The number of unbranched alkanes of at least 4 members (excludes halogenated alkanes) is 1. The number of likely N-dealkylation sites (tertiary alicyclic amines) is 1. The van der Waals surface area contributed by atoms with E-state index in [0.717, 1.165) is 62.5 Å². The number of Topliss-reactive ketones (excluding diaryl/α,β-unsaturated/α-hetero) is 1. The van der Waals surface area contributed by atoms with Crippen molar-refractivity contribution in [2.45, 2.75) is 45.4 Å². The average molecular weight is 435 g/mol. The first kappa shape index (κ1) is 22.5. The maximum atomic E-state index is 12.4. The molecule has 0 bridgehead atoms. The lowest BCUT2D eigenvalue weighted by Crippen LogP contribution is -2.28. The van der Waals surface area contributed by atoms with Crippen LogP contribution in [0.4, 0.5) is 0 Å². The van der Waals surface area contributed by atoms with E-state index < -0.39 is 0 Å². The van der Waals surface area contributed by atoms with Crippen LogP contribution in [0.1, 0.15) is 53.6 Å². The Morgan fingerprint density at radius 3 is 2.50 bits per heavy atom. The van der Waals surface area contributed by atoms with Crippen LogP contribution in [-0.2, 0) is 6.42 Å². The molecule has 0 aliphatic carbocycles. The minimum Gasteiger partial charge on any atom is -0.486 e. The number of hydrogen-bond acceptors (Lipinski definition) is 5. The van der Waals surface area contributed by atoms with E-state index in [1.807, 2.05) is 37.3 Å². The number of benzene rings is 2. The quantitative estimate of drug-likeness (QED) is 0.303. The van der Waals surface area contributed by atoms with Crippen molar-refractivity contribution in [2.24, 2.45) is 4.99 Å². The first-order valence-corrected chi connectivity index (χ1v) is 11.9. The summed E-state index contributed by atoms with van der Waals surface area (Å²) >= 11 is 0. The van der Waals surface area contributed by atoms with E-state index in [9.17, 15) is 4.79 Å². The monoisotopic (exact) mass is 434 g/mol. The van der Waals surface area contributed by atoms with Crippen LogP contribution in [-0.4, -0.2) is 55.8 Å². The van der Waals surface area contributed by atoms with Crippen LogP contribution < -0.4 is 9.47 Å². The standard InChI is InChI=1S/C27H34N2O3/c1-21-7-10-23(11-8-21)25(30)6-2-3-13-28-24(20-29-14-4-5-15-29)18-22-9-12-26-27(19-22)32-17-16-31-26/h7-12,19H,2-6,13-18,20H2,1H3/b28-24+. The lowest BCUT2D eigenvalue weighted by atomic mass is 10.0. The van der Waals surface area contributed by atoms with Crippen molar-refractivity contribution in [3.05, 3.63) is 59.2 Å². The van der Waals surface area contributed by atoms with Gasteiger partial charge < -0.3 is 9.47 Å². The summed E-state index contributed by atoms with van der Waals surface area (Å²) in [5.74, 6) is 1.89. The summed E-state index contributed by atoms with van der Waals surface area (Å²) in [6, 6.07) is 14.1. The highest BCUT2D eigenvalue weighted by Crippen LogP contribution is 2.31. The molecule has 0 aromatic heterocycles. The molecular formula is C27H34N2O3. The fraction of sp³-hybridized carbons (Fsp3) is 0.481. The lowest BCUT2D eigenvalue weighted by Gasteiger charge is -2.20. The van der Waals surface area contributed by atoms with Crippen molar-refractivity contribution in [2.75, 3.05) is 39.4 Å². The summed E-state index contributed by atoms with van der Waals surface area (Å²) in [5, 5.41) is 0. The first-order chi connectivity index (χ1) is 15.7. The number of fused-ring (bicyclic) bond motifs is 1. The van der Waals surface area contributed by atoms with Gasteiger partial charge in [-0.15, -0.1) is 0 Å². The van der Waals surface area contributed by atoms with Crippen LogP contribution in [0.3, 0.4) is 0 Å². The van der Waals surface area contributed by atoms with Crippen LogP contribution in [0, 0.1) is 6.92 Å². The SMILES string of the molecule is Cc1ccc(C(=O)CCCC/N=C(\Cc2ccc3c(c2)OCCO3)CN2CCCC2)cc1. The predicted octanol–water partition coefficient (Wildman–Crippen LogP) is 4.90. The molecule has 2 aromatic rings. The smallest absolute Gasteiger partial charge is 0.162 e. The summed E-state index contributed by atoms with van der Waals surface area (Å²) in [7, 11) is 0. The Kier molecular flexibility index (Phi) is 7.94. The molecule has 0 atom stereocenters. The van der Waals surface area contributed by atoms with E-state index in [4.69, 9.17) is 14.5 Å². The van der Waals surface area contributed by atoms with Gasteiger partial charge in [0, 0.05) is 37.2 Å². The van der Waals surface area contributed by atoms with Gasteiger partial charge in [0.1, 0.15) is 13.2 Å². The second-order valence-corrected chi connectivity index (χ2v) is 8.83. The molecular weight excluding hydrogens is 400 g/mol. The number of nitrogens with zero attached hydrogens (tertiary/aromatic N) is 2. The zero-order valence-corrected chi connectivity index (χ0v) is 19.1. The van der Waals surface area contributed by atoms with E-state index in [0.29, 0.717) is 19.6 Å². The molecule has 2 aliphatic rings. The number of rotatable bonds is 10. The summed E-state index contributed by atoms with van der Waals surface area (Å²) in [6.07, 6.45) is 5.77. The van der Waals surface area contributed by atoms with Gasteiger partial charge >= 0.3 is 0 Å². The van der Waals surface area contributed by atoms with Gasteiger partial charge in [-0.25, -0.2) is 0 Å². The highest BCUT2D eigenvalue weighted by Gasteiger charge is 2.16. The second-order valence-electron chi connectivity index (χ2n) is 8.83. The Bertz CT molecular complexity index is 930. The molecule has 0 spiro atoms. The maximum Gasteiger partial charge on any atom is 0.162 e. The maximum absolute atomic E-state index is 12.4. The first-order valence-electron chi connectivity index (χ1n) is 11.9. The minimum atomic E-state index is 0.225. The molecule has 0 radical (unpaired) electrons. The topological polar surface area (TPSA) is 51.1 Å². The molecule has 170 valence electrons. The number of ether oxygens (including phenoxy) is 2. The van der Waals surface area contributed by atoms with E-state index in [1.54, 1.807) is 0 Å². The van der Waals surface area contributed by atoms with Crippen molar-refractivity contribution >= 4 is 11.5 Å². The number of carbonyl (C=O) groups excluding carboxylic acids is 1. The summed E-state index contributed by atoms with van der Waals surface area (Å²) in [5.41, 5.74) is 4.42. The normalized spacial score (nSPS) is 16.3. The van der Waals surface area contributed by atoms with Crippen LogP contribution in [0.15, 0.2) is 47.5 Å². The van der Waals surface area contributed by atoms with Gasteiger partial charge in [-0.05, 0) is 63.4 Å². The zero-order valence-electron chi connectivity index (χ0n) is 19.1. The molecule has 0 N–H and O–H groups in total. The molecule has 2 heterocycles. The molecule has 0 amide bonds. The minimum absolute atomic E-state index is 0.225. The lowest BCUT2D eigenvalue weighted by molar-refractivity contribution is 0.0979. The molecule has 1 fully saturated rings. The third kappa shape index (κ3) is 6.42. The largest absolute Gasteiger partial charge is 0.486 e. The number of aliphatic imine (C=N–C) groups is 1. The zero-order chi connectivity index (χ0) is 22.2. The molecule has 0 unspecified atom stereocenters. The predicted molar refractivity (Wildman–Crippen MR) is 128 cm³/mol. The van der Waals surface area contributed by atoms with Gasteiger partial charge in [-0.3, -0.25) is 14.7 Å². The molecule has 5 nitrogen and oxygen atoms in total. The van der Waals surface area contributed by atoms with Gasteiger partial charge in [0.05, 0.1) is 0 Å². The van der Waals surface area contributed by atoms with Crippen molar-refractivity contribution in [1.29, 1.82) is 0 Å². The molecule has 32 heavy (non-hydrogen) atoms. The average Bonchev–Trinajstić information content (AvgIpc) is 3.32. The summed E-state index contributed by atoms with van der Waals surface area (Å²) in [4.78, 5) is 19.8.